The Bertz CT molecular complexity index is 1340. The number of benzene rings is 1. The molecule has 0 aliphatic carbocycles. The molecule has 2 aromatic heterocycles. The molecule has 0 spiro atoms. The van der Waals surface area contributed by atoms with Gasteiger partial charge in [-0.05, 0) is 78.8 Å². The number of hydrogen-bond acceptors (Lipinski definition) is 7. The first-order valence-corrected chi connectivity index (χ1v) is 14.6. The summed E-state index contributed by atoms with van der Waals surface area (Å²) < 4.78 is 5.41. The molecule has 0 saturated carbocycles. The van der Waals surface area contributed by atoms with Crippen LogP contribution in [0, 0.1) is 0 Å². The van der Waals surface area contributed by atoms with Crippen molar-refractivity contribution in [3.63, 3.8) is 0 Å². The van der Waals surface area contributed by atoms with Gasteiger partial charge >= 0.3 is 0 Å². The highest BCUT2D eigenvalue weighted by Crippen LogP contribution is 2.40. The third kappa shape index (κ3) is 5.78. The van der Waals surface area contributed by atoms with Gasteiger partial charge in [0.2, 0.25) is 5.91 Å². The average Bonchev–Trinajstić information content (AvgIpc) is 3.34. The maximum absolute atomic E-state index is 12.6. The number of pyridine rings is 1. The van der Waals surface area contributed by atoms with Gasteiger partial charge in [0, 0.05) is 54.6 Å². The van der Waals surface area contributed by atoms with Gasteiger partial charge < -0.3 is 24.8 Å². The van der Waals surface area contributed by atoms with Gasteiger partial charge in [0.25, 0.3) is 0 Å². The average molecular weight is 568 g/mol. The maximum atomic E-state index is 12.6. The zero-order valence-electron chi connectivity index (χ0n) is 24.6. The van der Waals surface area contributed by atoms with Crippen molar-refractivity contribution < 1.29 is 9.53 Å². The molecule has 0 radical (unpaired) electrons. The number of carbonyl (C=O) groups excluding carboxylic acids is 1. The number of halogens is 1. The molecule has 4 heterocycles. The lowest BCUT2D eigenvalue weighted by atomic mass is 9.77. The van der Waals surface area contributed by atoms with Crippen molar-refractivity contribution in [3.8, 4) is 11.4 Å². The van der Waals surface area contributed by atoms with Crippen LogP contribution in [0.3, 0.4) is 0 Å². The van der Waals surface area contributed by atoms with Gasteiger partial charge in [-0.15, -0.1) is 0 Å². The SMILES string of the molecule is CCOCCN1CCN(c2ccc(-c3nc4c(NC5CC(C)(C)N(C)C(C)(C)C5)c(Cl)cnc4[nH]3)cc2)CC1=O. The second-order valence-electron chi connectivity index (χ2n) is 12.2. The molecule has 0 unspecified atom stereocenters. The van der Waals surface area contributed by atoms with Crippen LogP contribution in [0.1, 0.15) is 47.5 Å². The van der Waals surface area contributed by atoms with E-state index in [9.17, 15) is 4.79 Å². The van der Waals surface area contributed by atoms with Crippen molar-refractivity contribution in [2.24, 2.45) is 0 Å². The van der Waals surface area contributed by atoms with E-state index in [0.29, 0.717) is 43.5 Å². The summed E-state index contributed by atoms with van der Waals surface area (Å²) in [6, 6.07) is 8.43. The molecule has 216 valence electrons. The summed E-state index contributed by atoms with van der Waals surface area (Å²) in [5.74, 6) is 0.868. The Hall–Kier alpha value is -2.88. The van der Waals surface area contributed by atoms with Gasteiger partial charge in [-0.25, -0.2) is 9.97 Å². The molecule has 1 amide bonds. The van der Waals surface area contributed by atoms with E-state index in [4.69, 9.17) is 21.3 Å². The van der Waals surface area contributed by atoms with Gasteiger partial charge in [0.15, 0.2) is 5.65 Å². The van der Waals surface area contributed by atoms with Gasteiger partial charge in [0.1, 0.15) is 11.3 Å². The van der Waals surface area contributed by atoms with Gasteiger partial charge in [-0.1, -0.05) is 11.6 Å². The number of aromatic nitrogens is 3. The summed E-state index contributed by atoms with van der Waals surface area (Å²) in [7, 11) is 2.21. The molecule has 2 saturated heterocycles. The van der Waals surface area contributed by atoms with Crippen LogP contribution in [-0.4, -0.2) is 94.2 Å². The van der Waals surface area contributed by atoms with Crippen molar-refractivity contribution in [3.05, 3.63) is 35.5 Å². The minimum atomic E-state index is 0.0528. The predicted molar refractivity (Wildman–Crippen MR) is 162 cm³/mol. The number of carbonyl (C=O) groups is 1. The van der Waals surface area contributed by atoms with Gasteiger partial charge in [-0.2, -0.15) is 0 Å². The molecule has 0 bridgehead atoms. The zero-order chi connectivity index (χ0) is 28.7. The highest BCUT2D eigenvalue weighted by atomic mass is 35.5. The third-order valence-corrected chi connectivity index (χ3v) is 8.94. The van der Waals surface area contributed by atoms with Crippen LogP contribution in [0.15, 0.2) is 30.5 Å². The van der Waals surface area contributed by atoms with E-state index >= 15 is 0 Å². The van der Waals surface area contributed by atoms with Crippen molar-refractivity contribution >= 4 is 40.0 Å². The fourth-order valence-electron chi connectivity index (χ4n) is 6.20. The number of likely N-dealkylation sites (tertiary alicyclic amines) is 1. The summed E-state index contributed by atoms with van der Waals surface area (Å²) in [6.07, 6.45) is 3.68. The smallest absolute Gasteiger partial charge is 0.242 e. The zero-order valence-corrected chi connectivity index (χ0v) is 25.3. The maximum Gasteiger partial charge on any atom is 0.242 e. The Morgan fingerprint density at radius 1 is 1.12 bits per heavy atom. The van der Waals surface area contributed by atoms with Crippen LogP contribution in [0.4, 0.5) is 11.4 Å². The number of imidazole rings is 1. The lowest BCUT2D eigenvalue weighted by Gasteiger charge is -2.54. The predicted octanol–water partition coefficient (Wildman–Crippen LogP) is 5.03. The minimum absolute atomic E-state index is 0.0528. The molecule has 10 heteroatoms. The Morgan fingerprint density at radius 3 is 2.48 bits per heavy atom. The van der Waals surface area contributed by atoms with E-state index in [0.717, 1.165) is 47.7 Å². The molecule has 1 aromatic carbocycles. The second kappa shape index (κ2) is 11.2. The normalized spacial score (nSPS) is 19.9. The van der Waals surface area contributed by atoms with Crippen LogP contribution in [0.5, 0.6) is 0 Å². The van der Waals surface area contributed by atoms with Crippen LogP contribution in [0.25, 0.3) is 22.6 Å². The number of anilines is 2. The molecule has 9 nitrogen and oxygen atoms in total. The number of hydrogen-bond donors (Lipinski definition) is 2. The molecular weight excluding hydrogens is 526 g/mol. The Balaban J connectivity index is 1.32. The number of piperidine rings is 1. The minimum Gasteiger partial charge on any atom is -0.380 e. The number of amides is 1. The number of ether oxygens (including phenoxy) is 1. The number of fused-ring (bicyclic) bond motifs is 1. The van der Waals surface area contributed by atoms with E-state index in [-0.39, 0.29) is 23.0 Å². The van der Waals surface area contributed by atoms with Crippen molar-refractivity contribution in [1.82, 2.24) is 24.8 Å². The van der Waals surface area contributed by atoms with Gasteiger partial charge in [-0.3, -0.25) is 9.69 Å². The first-order chi connectivity index (χ1) is 19.0. The summed E-state index contributed by atoms with van der Waals surface area (Å²) in [6.45, 7) is 14.9. The molecular formula is C30H42ClN7O2. The number of nitrogens with one attached hydrogen (secondary N) is 2. The largest absolute Gasteiger partial charge is 0.380 e. The molecule has 40 heavy (non-hydrogen) atoms. The van der Waals surface area contributed by atoms with Crippen LogP contribution in [0.2, 0.25) is 5.02 Å². The van der Waals surface area contributed by atoms with Crippen LogP contribution >= 0.6 is 11.6 Å². The quantitative estimate of drug-likeness (QED) is 0.369. The highest BCUT2D eigenvalue weighted by molar-refractivity contribution is 6.34. The van der Waals surface area contributed by atoms with Crippen molar-refractivity contribution in [1.29, 1.82) is 0 Å². The second-order valence-corrected chi connectivity index (χ2v) is 12.7. The number of H-pyrrole nitrogens is 1. The fourth-order valence-corrected chi connectivity index (χ4v) is 6.39. The van der Waals surface area contributed by atoms with Crippen LogP contribution in [-0.2, 0) is 9.53 Å². The first kappa shape index (κ1) is 28.6. The summed E-state index contributed by atoms with van der Waals surface area (Å²) in [5, 5.41) is 4.30. The topological polar surface area (TPSA) is 89.6 Å². The first-order valence-electron chi connectivity index (χ1n) is 14.2. The Labute approximate surface area is 242 Å². The molecule has 2 aliphatic rings. The third-order valence-electron chi connectivity index (χ3n) is 8.66. The van der Waals surface area contributed by atoms with E-state index in [1.165, 1.54) is 0 Å². The molecule has 0 atom stereocenters. The fraction of sp³-hybridized carbons (Fsp3) is 0.567. The molecule has 2 N–H and O–H groups in total. The molecule has 2 fully saturated rings. The number of aromatic amines is 1. The van der Waals surface area contributed by atoms with Crippen LogP contribution < -0.4 is 10.2 Å². The standard InChI is InChI=1S/C30H42ClN7O2/c1-7-40-15-14-37-12-13-38(19-24(37)39)22-10-8-20(9-11-22)27-34-26-25(23(31)18-32-28(26)35-27)33-21-16-29(2,3)36(6)30(4,5)17-21/h8-11,18,21H,7,12-17,19H2,1-6H3,(H2,32,33,34,35). The summed E-state index contributed by atoms with van der Waals surface area (Å²) >= 11 is 6.68. The lowest BCUT2D eigenvalue weighted by molar-refractivity contribution is -0.131. The number of piperazine rings is 1. The summed E-state index contributed by atoms with van der Waals surface area (Å²) in [4.78, 5) is 31.9. The van der Waals surface area contributed by atoms with Crippen molar-refractivity contribution in [2.45, 2.75) is 64.6 Å². The van der Waals surface area contributed by atoms with Gasteiger partial charge in [0.05, 0.1) is 30.1 Å². The van der Waals surface area contributed by atoms with Crippen molar-refractivity contribution in [2.75, 3.05) is 56.7 Å². The monoisotopic (exact) mass is 567 g/mol. The van der Waals surface area contributed by atoms with E-state index in [2.05, 4.69) is 59.8 Å². The Morgan fingerprint density at radius 2 is 1.82 bits per heavy atom. The molecule has 2 aliphatic heterocycles. The van der Waals surface area contributed by atoms with E-state index in [1.54, 1.807) is 6.20 Å². The number of nitrogens with zero attached hydrogens (tertiary/aromatic N) is 5. The lowest BCUT2D eigenvalue weighted by Crippen LogP contribution is -2.61. The van der Waals surface area contributed by atoms with E-state index < -0.39 is 0 Å². The molecule has 5 rings (SSSR count). The highest BCUT2D eigenvalue weighted by Gasteiger charge is 2.43. The van der Waals surface area contributed by atoms with E-state index in [1.807, 2.05) is 36.1 Å². The number of rotatable bonds is 8. The summed E-state index contributed by atoms with van der Waals surface area (Å²) in [5.41, 5.74) is 4.35. The molecule has 3 aromatic rings. The Kier molecular flexibility index (Phi) is 8.01.